The van der Waals surface area contributed by atoms with Crippen LogP contribution in [0, 0.1) is 20.8 Å². The SMILES string of the molecule is Cc1cccc(/C=C2\SC(=S)N(c3ccc(C)cc3C)C2=O)c1. The second-order valence-electron chi connectivity index (χ2n) is 5.72. The molecule has 2 nitrogen and oxygen atoms in total. The summed E-state index contributed by atoms with van der Waals surface area (Å²) in [5.74, 6) is -0.0477. The van der Waals surface area contributed by atoms with Gasteiger partial charge >= 0.3 is 0 Å². The maximum absolute atomic E-state index is 12.8. The lowest BCUT2D eigenvalue weighted by Gasteiger charge is -2.17. The average Bonchev–Trinajstić information content (AvgIpc) is 2.74. The molecule has 0 aliphatic carbocycles. The van der Waals surface area contributed by atoms with Gasteiger partial charge in [0.1, 0.15) is 0 Å². The Kier molecular flexibility index (Phi) is 4.37. The molecule has 116 valence electrons. The number of anilines is 1. The minimum Gasteiger partial charge on any atom is -0.268 e. The Bertz CT molecular complexity index is 839. The maximum Gasteiger partial charge on any atom is 0.270 e. The zero-order valence-corrected chi connectivity index (χ0v) is 14.9. The number of amides is 1. The van der Waals surface area contributed by atoms with E-state index in [1.807, 2.05) is 57.2 Å². The Morgan fingerprint density at radius 3 is 2.48 bits per heavy atom. The van der Waals surface area contributed by atoms with Crippen molar-refractivity contribution in [1.82, 2.24) is 0 Å². The van der Waals surface area contributed by atoms with E-state index in [2.05, 4.69) is 12.1 Å². The number of thiocarbonyl (C=S) groups is 1. The third-order valence-electron chi connectivity index (χ3n) is 3.73. The molecule has 1 amide bonds. The van der Waals surface area contributed by atoms with Crippen molar-refractivity contribution in [2.75, 3.05) is 4.90 Å². The Morgan fingerprint density at radius 1 is 1.04 bits per heavy atom. The van der Waals surface area contributed by atoms with Gasteiger partial charge in [-0.05, 0) is 44.0 Å². The highest BCUT2D eigenvalue weighted by Gasteiger charge is 2.33. The summed E-state index contributed by atoms with van der Waals surface area (Å²) in [5.41, 5.74) is 5.28. The summed E-state index contributed by atoms with van der Waals surface area (Å²) < 4.78 is 0.584. The number of hydrogen-bond acceptors (Lipinski definition) is 3. The predicted molar refractivity (Wildman–Crippen MR) is 103 cm³/mol. The van der Waals surface area contributed by atoms with Gasteiger partial charge in [0.05, 0.1) is 10.6 Å². The molecule has 2 aromatic rings. The topological polar surface area (TPSA) is 20.3 Å². The molecule has 0 atom stereocenters. The molecule has 0 bridgehead atoms. The van der Waals surface area contributed by atoms with Gasteiger partial charge in [0.15, 0.2) is 4.32 Å². The molecule has 1 heterocycles. The Hall–Kier alpha value is -1.91. The standard InChI is InChI=1S/C19H17NOS2/c1-12-5-4-6-15(10-12)11-17-18(21)20(19(22)23-17)16-8-7-13(2)9-14(16)3/h4-11H,1-3H3/b17-11-. The van der Waals surface area contributed by atoms with E-state index in [-0.39, 0.29) is 5.91 Å². The van der Waals surface area contributed by atoms with Crippen LogP contribution in [-0.2, 0) is 4.79 Å². The van der Waals surface area contributed by atoms with E-state index in [0.717, 1.165) is 16.8 Å². The normalized spacial score (nSPS) is 16.5. The fourth-order valence-electron chi connectivity index (χ4n) is 2.64. The van der Waals surface area contributed by atoms with E-state index >= 15 is 0 Å². The lowest BCUT2D eigenvalue weighted by molar-refractivity contribution is -0.113. The second kappa shape index (κ2) is 6.30. The van der Waals surface area contributed by atoms with Crippen LogP contribution in [0.2, 0.25) is 0 Å². The number of nitrogens with zero attached hydrogens (tertiary/aromatic N) is 1. The molecular formula is C19H17NOS2. The Morgan fingerprint density at radius 2 is 1.78 bits per heavy atom. The predicted octanol–water partition coefficient (Wildman–Crippen LogP) is 5.02. The summed E-state index contributed by atoms with van der Waals surface area (Å²) >= 11 is 6.80. The highest BCUT2D eigenvalue weighted by Crippen LogP contribution is 2.37. The van der Waals surface area contributed by atoms with E-state index in [1.165, 1.54) is 22.9 Å². The lowest BCUT2D eigenvalue weighted by atomic mass is 10.1. The molecule has 0 aromatic heterocycles. The lowest BCUT2D eigenvalue weighted by Crippen LogP contribution is -2.28. The van der Waals surface area contributed by atoms with Crippen molar-refractivity contribution in [3.8, 4) is 0 Å². The monoisotopic (exact) mass is 339 g/mol. The number of aryl methyl sites for hydroxylation is 3. The molecule has 1 aliphatic heterocycles. The van der Waals surface area contributed by atoms with Crippen LogP contribution in [-0.4, -0.2) is 10.2 Å². The largest absolute Gasteiger partial charge is 0.270 e. The highest BCUT2D eigenvalue weighted by atomic mass is 32.2. The quantitative estimate of drug-likeness (QED) is 0.566. The van der Waals surface area contributed by atoms with E-state index in [0.29, 0.717) is 9.23 Å². The molecular weight excluding hydrogens is 322 g/mol. The molecule has 1 saturated heterocycles. The molecule has 0 saturated carbocycles. The minimum absolute atomic E-state index is 0.0477. The van der Waals surface area contributed by atoms with Crippen LogP contribution in [0.25, 0.3) is 6.08 Å². The van der Waals surface area contributed by atoms with Gasteiger partial charge in [0.2, 0.25) is 0 Å². The van der Waals surface area contributed by atoms with Crippen molar-refractivity contribution in [3.05, 3.63) is 69.6 Å². The number of benzene rings is 2. The second-order valence-corrected chi connectivity index (χ2v) is 7.40. The third-order valence-corrected chi connectivity index (χ3v) is 5.03. The molecule has 2 aromatic carbocycles. The van der Waals surface area contributed by atoms with Gasteiger partial charge in [-0.15, -0.1) is 0 Å². The number of rotatable bonds is 2. The molecule has 1 fully saturated rings. The molecule has 23 heavy (non-hydrogen) atoms. The van der Waals surface area contributed by atoms with Crippen LogP contribution >= 0.6 is 24.0 Å². The highest BCUT2D eigenvalue weighted by molar-refractivity contribution is 8.27. The summed E-state index contributed by atoms with van der Waals surface area (Å²) in [6.07, 6.45) is 1.91. The van der Waals surface area contributed by atoms with E-state index in [9.17, 15) is 4.79 Å². The fourth-order valence-corrected chi connectivity index (χ4v) is 3.93. The number of hydrogen-bond donors (Lipinski definition) is 0. The van der Waals surface area contributed by atoms with Gasteiger partial charge in [0.25, 0.3) is 5.91 Å². The van der Waals surface area contributed by atoms with Crippen LogP contribution in [0.3, 0.4) is 0 Å². The molecule has 4 heteroatoms. The van der Waals surface area contributed by atoms with E-state index in [1.54, 1.807) is 4.90 Å². The van der Waals surface area contributed by atoms with E-state index in [4.69, 9.17) is 12.2 Å². The Labute approximate surface area is 146 Å². The first-order valence-corrected chi connectivity index (χ1v) is 8.60. The fraction of sp³-hybridized carbons (Fsp3) is 0.158. The first kappa shape index (κ1) is 16.0. The van der Waals surface area contributed by atoms with Crippen molar-refractivity contribution < 1.29 is 4.79 Å². The van der Waals surface area contributed by atoms with E-state index < -0.39 is 0 Å². The minimum atomic E-state index is -0.0477. The Balaban J connectivity index is 1.97. The van der Waals surface area contributed by atoms with Crippen molar-refractivity contribution in [2.45, 2.75) is 20.8 Å². The first-order chi connectivity index (χ1) is 11.0. The van der Waals surface area contributed by atoms with Gasteiger partial charge < -0.3 is 0 Å². The van der Waals surface area contributed by atoms with Gasteiger partial charge in [0, 0.05) is 0 Å². The zero-order chi connectivity index (χ0) is 16.6. The third kappa shape index (κ3) is 3.23. The maximum atomic E-state index is 12.8. The van der Waals surface area contributed by atoms with Crippen LogP contribution in [0.4, 0.5) is 5.69 Å². The molecule has 3 rings (SSSR count). The molecule has 0 N–H and O–H groups in total. The van der Waals surface area contributed by atoms with Crippen LogP contribution in [0.15, 0.2) is 47.4 Å². The van der Waals surface area contributed by atoms with Gasteiger partial charge in [-0.2, -0.15) is 0 Å². The summed E-state index contributed by atoms with van der Waals surface area (Å²) in [5, 5.41) is 0. The van der Waals surface area contributed by atoms with Gasteiger partial charge in [-0.25, -0.2) is 0 Å². The zero-order valence-electron chi connectivity index (χ0n) is 13.3. The van der Waals surface area contributed by atoms with Crippen LogP contribution in [0.1, 0.15) is 22.3 Å². The van der Waals surface area contributed by atoms with Crippen LogP contribution < -0.4 is 4.90 Å². The number of carbonyl (C=O) groups excluding carboxylic acids is 1. The van der Waals surface area contributed by atoms with Gasteiger partial charge in [-0.3, -0.25) is 9.69 Å². The smallest absolute Gasteiger partial charge is 0.268 e. The first-order valence-electron chi connectivity index (χ1n) is 7.37. The molecule has 0 radical (unpaired) electrons. The summed E-state index contributed by atoms with van der Waals surface area (Å²) in [4.78, 5) is 15.1. The molecule has 1 aliphatic rings. The summed E-state index contributed by atoms with van der Waals surface area (Å²) in [7, 11) is 0. The number of carbonyl (C=O) groups is 1. The van der Waals surface area contributed by atoms with Crippen molar-refractivity contribution in [1.29, 1.82) is 0 Å². The summed E-state index contributed by atoms with van der Waals surface area (Å²) in [6.45, 7) is 6.09. The van der Waals surface area contributed by atoms with Crippen LogP contribution in [0.5, 0.6) is 0 Å². The van der Waals surface area contributed by atoms with Crippen molar-refractivity contribution in [2.24, 2.45) is 0 Å². The van der Waals surface area contributed by atoms with Gasteiger partial charge in [-0.1, -0.05) is 71.5 Å². The van der Waals surface area contributed by atoms with Crippen molar-refractivity contribution >= 4 is 46.0 Å². The summed E-state index contributed by atoms with van der Waals surface area (Å²) in [6, 6.07) is 14.1. The average molecular weight is 339 g/mol. The molecule has 0 unspecified atom stereocenters. The number of thioether (sulfide) groups is 1. The van der Waals surface area contributed by atoms with Crippen molar-refractivity contribution in [3.63, 3.8) is 0 Å². The molecule has 0 spiro atoms.